The number of nitro benzene ring substituents is 1. The van der Waals surface area contributed by atoms with Gasteiger partial charge in [-0.25, -0.2) is 4.39 Å². The first kappa shape index (κ1) is 14.4. The average molecular weight is 281 g/mol. The van der Waals surface area contributed by atoms with E-state index in [0.717, 1.165) is 31.2 Å². The molecular formula is C13H16FN3O3. The summed E-state index contributed by atoms with van der Waals surface area (Å²) in [5.74, 6) is -1.29. The zero-order valence-electron chi connectivity index (χ0n) is 10.9. The molecule has 1 amide bonds. The number of nitro groups is 1. The Hall–Kier alpha value is -2.02. The van der Waals surface area contributed by atoms with Crippen molar-refractivity contribution in [2.45, 2.75) is 25.3 Å². The van der Waals surface area contributed by atoms with E-state index < -0.39 is 22.3 Å². The van der Waals surface area contributed by atoms with Gasteiger partial charge in [0.1, 0.15) is 5.82 Å². The van der Waals surface area contributed by atoms with E-state index >= 15 is 0 Å². The summed E-state index contributed by atoms with van der Waals surface area (Å²) in [6.45, 7) is 1.26. The van der Waals surface area contributed by atoms with E-state index in [1.54, 1.807) is 0 Å². The predicted molar refractivity (Wildman–Crippen MR) is 71.0 cm³/mol. The Bertz CT molecular complexity index is 518. The van der Waals surface area contributed by atoms with Crippen molar-refractivity contribution in [1.29, 1.82) is 0 Å². The highest BCUT2D eigenvalue weighted by Crippen LogP contribution is 2.18. The lowest BCUT2D eigenvalue weighted by molar-refractivity contribution is -0.385. The van der Waals surface area contributed by atoms with Crippen LogP contribution in [0.4, 0.5) is 10.1 Å². The van der Waals surface area contributed by atoms with Crippen molar-refractivity contribution in [2.24, 2.45) is 0 Å². The maximum Gasteiger partial charge on any atom is 0.273 e. The van der Waals surface area contributed by atoms with Gasteiger partial charge in [-0.15, -0.1) is 0 Å². The van der Waals surface area contributed by atoms with Gasteiger partial charge in [-0.05, 0) is 31.9 Å². The van der Waals surface area contributed by atoms with E-state index in [0.29, 0.717) is 12.6 Å². The van der Waals surface area contributed by atoms with Crippen molar-refractivity contribution < 1.29 is 14.1 Å². The number of amides is 1. The summed E-state index contributed by atoms with van der Waals surface area (Å²) in [5.41, 5.74) is -0.461. The summed E-state index contributed by atoms with van der Waals surface area (Å²) in [4.78, 5) is 21.6. The van der Waals surface area contributed by atoms with Gasteiger partial charge in [0, 0.05) is 24.2 Å². The Morgan fingerprint density at radius 1 is 1.35 bits per heavy atom. The number of benzene rings is 1. The third-order valence-corrected chi connectivity index (χ3v) is 3.01. The van der Waals surface area contributed by atoms with Gasteiger partial charge in [0.2, 0.25) is 0 Å². The van der Waals surface area contributed by atoms with E-state index in [9.17, 15) is 19.3 Å². The molecule has 6 nitrogen and oxygen atoms in total. The van der Waals surface area contributed by atoms with E-state index in [2.05, 4.69) is 10.6 Å². The Balaban J connectivity index is 1.82. The molecule has 0 bridgehead atoms. The third kappa shape index (κ3) is 4.27. The molecule has 0 aromatic heterocycles. The van der Waals surface area contributed by atoms with Crippen LogP contribution in [0.1, 0.15) is 29.6 Å². The normalized spacial score (nSPS) is 14.1. The Morgan fingerprint density at radius 2 is 2.10 bits per heavy atom. The summed E-state index contributed by atoms with van der Waals surface area (Å²) in [7, 11) is 0. The van der Waals surface area contributed by atoms with E-state index in [1.165, 1.54) is 12.8 Å². The zero-order chi connectivity index (χ0) is 14.5. The fraction of sp³-hybridized carbons (Fsp3) is 0.462. The Morgan fingerprint density at radius 3 is 2.75 bits per heavy atom. The van der Waals surface area contributed by atoms with Crippen LogP contribution in [0.15, 0.2) is 18.2 Å². The van der Waals surface area contributed by atoms with Crippen LogP contribution in [0.25, 0.3) is 0 Å². The second-order valence-corrected chi connectivity index (χ2v) is 4.79. The van der Waals surface area contributed by atoms with Crippen LogP contribution >= 0.6 is 0 Å². The number of carbonyl (C=O) groups excluding carboxylic acids is 1. The zero-order valence-corrected chi connectivity index (χ0v) is 10.9. The molecule has 1 saturated carbocycles. The van der Waals surface area contributed by atoms with Crippen LogP contribution in [-0.2, 0) is 0 Å². The van der Waals surface area contributed by atoms with Crippen LogP contribution in [0.2, 0.25) is 0 Å². The Labute approximate surface area is 115 Å². The van der Waals surface area contributed by atoms with Crippen molar-refractivity contribution in [3.8, 4) is 0 Å². The van der Waals surface area contributed by atoms with Crippen molar-refractivity contribution >= 4 is 11.6 Å². The van der Waals surface area contributed by atoms with Gasteiger partial charge in [0.25, 0.3) is 11.6 Å². The van der Waals surface area contributed by atoms with Gasteiger partial charge in [0.15, 0.2) is 0 Å². The number of halogens is 1. The maximum absolute atomic E-state index is 13.2. The maximum atomic E-state index is 13.2. The first-order chi connectivity index (χ1) is 9.56. The van der Waals surface area contributed by atoms with Crippen LogP contribution in [0, 0.1) is 15.9 Å². The lowest BCUT2D eigenvalue weighted by Crippen LogP contribution is -2.28. The molecule has 1 aromatic rings. The van der Waals surface area contributed by atoms with Gasteiger partial charge in [0.05, 0.1) is 11.0 Å². The standard InChI is InChI=1S/C13H16FN3O3/c14-10-6-9(7-12(8-10)17(19)20)13(18)16-5-1-4-15-11-2-3-11/h6-8,11,15H,1-5H2,(H,16,18). The number of hydrogen-bond donors (Lipinski definition) is 2. The van der Waals surface area contributed by atoms with Gasteiger partial charge in [-0.1, -0.05) is 0 Å². The number of non-ortho nitro benzene ring substituents is 1. The van der Waals surface area contributed by atoms with Crippen LogP contribution in [-0.4, -0.2) is 30.0 Å². The molecule has 7 heteroatoms. The Kier molecular flexibility index (Phi) is 4.62. The highest BCUT2D eigenvalue weighted by atomic mass is 19.1. The molecule has 0 aliphatic heterocycles. The monoisotopic (exact) mass is 281 g/mol. The first-order valence-electron chi connectivity index (χ1n) is 6.53. The molecule has 0 unspecified atom stereocenters. The molecule has 0 atom stereocenters. The lowest BCUT2D eigenvalue weighted by atomic mass is 10.2. The molecule has 108 valence electrons. The molecular weight excluding hydrogens is 265 g/mol. The van der Waals surface area contributed by atoms with Crippen molar-refractivity contribution in [1.82, 2.24) is 10.6 Å². The topological polar surface area (TPSA) is 84.3 Å². The molecule has 2 N–H and O–H groups in total. The molecule has 0 heterocycles. The van der Waals surface area contributed by atoms with Gasteiger partial charge in [-0.3, -0.25) is 14.9 Å². The largest absolute Gasteiger partial charge is 0.352 e. The summed E-state index contributed by atoms with van der Waals surface area (Å²) in [5, 5.41) is 16.5. The number of nitrogens with one attached hydrogen (secondary N) is 2. The van der Waals surface area contributed by atoms with Crippen LogP contribution < -0.4 is 10.6 Å². The molecule has 0 saturated heterocycles. The number of nitrogens with zero attached hydrogens (tertiary/aromatic N) is 1. The SMILES string of the molecule is O=C(NCCCNC1CC1)c1cc(F)cc([N+](=O)[O-])c1. The van der Waals surface area contributed by atoms with Crippen LogP contribution in [0.5, 0.6) is 0 Å². The number of rotatable bonds is 7. The quantitative estimate of drug-likeness (QED) is 0.452. The van der Waals surface area contributed by atoms with E-state index in [-0.39, 0.29) is 5.56 Å². The molecule has 20 heavy (non-hydrogen) atoms. The number of hydrogen-bond acceptors (Lipinski definition) is 4. The van der Waals surface area contributed by atoms with Crippen LogP contribution in [0.3, 0.4) is 0 Å². The molecule has 1 fully saturated rings. The summed E-state index contributed by atoms with van der Waals surface area (Å²) in [6.07, 6.45) is 3.18. The summed E-state index contributed by atoms with van der Waals surface area (Å²) < 4.78 is 13.2. The van der Waals surface area contributed by atoms with Gasteiger partial charge < -0.3 is 10.6 Å². The predicted octanol–water partition coefficient (Wildman–Crippen LogP) is 1.61. The highest BCUT2D eigenvalue weighted by Gasteiger charge is 2.19. The highest BCUT2D eigenvalue weighted by molar-refractivity contribution is 5.94. The number of carbonyl (C=O) groups is 1. The fourth-order valence-electron chi connectivity index (χ4n) is 1.80. The minimum Gasteiger partial charge on any atom is -0.352 e. The lowest BCUT2D eigenvalue weighted by Gasteiger charge is -2.06. The van der Waals surface area contributed by atoms with Crippen molar-refractivity contribution in [2.75, 3.05) is 13.1 Å². The second-order valence-electron chi connectivity index (χ2n) is 4.79. The summed E-state index contributed by atoms with van der Waals surface area (Å²) >= 11 is 0. The van der Waals surface area contributed by atoms with Crippen molar-refractivity contribution in [3.05, 3.63) is 39.7 Å². The average Bonchev–Trinajstić information content (AvgIpc) is 3.21. The van der Waals surface area contributed by atoms with Gasteiger partial charge in [-0.2, -0.15) is 0 Å². The molecule has 1 aliphatic rings. The summed E-state index contributed by atoms with van der Waals surface area (Å²) in [6, 6.07) is 3.47. The fourth-order valence-corrected chi connectivity index (χ4v) is 1.80. The van der Waals surface area contributed by atoms with Gasteiger partial charge >= 0.3 is 0 Å². The van der Waals surface area contributed by atoms with Crippen molar-refractivity contribution in [3.63, 3.8) is 0 Å². The minimum atomic E-state index is -0.792. The molecule has 0 radical (unpaired) electrons. The second kappa shape index (κ2) is 6.42. The van der Waals surface area contributed by atoms with E-state index in [4.69, 9.17) is 0 Å². The smallest absolute Gasteiger partial charge is 0.273 e. The molecule has 1 aromatic carbocycles. The van der Waals surface area contributed by atoms with E-state index in [1.807, 2.05) is 0 Å². The minimum absolute atomic E-state index is 0.0353. The first-order valence-corrected chi connectivity index (χ1v) is 6.53. The third-order valence-electron chi connectivity index (χ3n) is 3.01. The molecule has 2 rings (SSSR count). The molecule has 1 aliphatic carbocycles. The molecule has 0 spiro atoms.